The maximum absolute atomic E-state index is 6.12. The summed E-state index contributed by atoms with van der Waals surface area (Å²) in [5.41, 5.74) is 8.94. The lowest BCUT2D eigenvalue weighted by atomic mass is 10.1. The van der Waals surface area contributed by atoms with E-state index in [1.54, 1.807) is 6.20 Å². The summed E-state index contributed by atoms with van der Waals surface area (Å²) in [6.45, 7) is 0. The fraction of sp³-hybridized carbons (Fsp3) is 0.438. The molecule has 1 aliphatic carbocycles. The van der Waals surface area contributed by atoms with Gasteiger partial charge in [0.15, 0.2) is 0 Å². The van der Waals surface area contributed by atoms with Gasteiger partial charge in [0, 0.05) is 11.4 Å². The molecule has 100 valence electrons. The van der Waals surface area contributed by atoms with E-state index in [0.717, 1.165) is 22.3 Å². The second-order valence-electron chi connectivity index (χ2n) is 5.44. The third kappa shape index (κ3) is 2.65. The molecule has 1 heterocycles. The Morgan fingerprint density at radius 2 is 1.79 bits per heavy atom. The van der Waals surface area contributed by atoms with Crippen LogP contribution in [0.3, 0.4) is 0 Å². The average Bonchev–Trinajstić information content (AvgIpc) is 2.71. The molecule has 0 unspecified atom stereocenters. The van der Waals surface area contributed by atoms with Gasteiger partial charge in [-0.2, -0.15) is 0 Å². The van der Waals surface area contributed by atoms with Crippen LogP contribution in [0.2, 0.25) is 0 Å². The predicted octanol–water partition coefficient (Wildman–Crippen LogP) is 3.95. The van der Waals surface area contributed by atoms with E-state index in [0.29, 0.717) is 6.04 Å². The van der Waals surface area contributed by atoms with Crippen molar-refractivity contribution in [1.29, 1.82) is 0 Å². The van der Waals surface area contributed by atoms with E-state index in [2.05, 4.69) is 16.4 Å². The predicted molar refractivity (Wildman–Crippen MR) is 81.3 cm³/mol. The molecule has 3 N–H and O–H groups in total. The lowest BCUT2D eigenvalue weighted by Crippen LogP contribution is -2.19. The van der Waals surface area contributed by atoms with Crippen molar-refractivity contribution in [2.45, 2.75) is 44.6 Å². The molecule has 0 saturated heterocycles. The van der Waals surface area contributed by atoms with E-state index < -0.39 is 0 Å². The fourth-order valence-electron chi connectivity index (χ4n) is 2.95. The monoisotopic (exact) mass is 255 g/mol. The molecule has 3 rings (SSSR count). The molecule has 1 aromatic heterocycles. The third-order valence-electron chi connectivity index (χ3n) is 4.01. The first-order valence-corrected chi connectivity index (χ1v) is 7.24. The number of rotatable bonds is 2. The maximum Gasteiger partial charge on any atom is 0.0743 e. The van der Waals surface area contributed by atoms with E-state index in [9.17, 15) is 0 Å². The summed E-state index contributed by atoms with van der Waals surface area (Å²) in [7, 11) is 0. The van der Waals surface area contributed by atoms with Gasteiger partial charge in [-0.3, -0.25) is 4.98 Å². The maximum atomic E-state index is 6.12. The zero-order valence-corrected chi connectivity index (χ0v) is 11.2. The smallest absolute Gasteiger partial charge is 0.0743 e. The number of nitrogens with two attached hydrogens (primary N) is 1. The molecule has 1 saturated carbocycles. The highest BCUT2D eigenvalue weighted by Gasteiger charge is 2.14. The van der Waals surface area contributed by atoms with Gasteiger partial charge in [-0.1, -0.05) is 43.9 Å². The Kier molecular flexibility index (Phi) is 3.53. The van der Waals surface area contributed by atoms with Crippen LogP contribution >= 0.6 is 0 Å². The number of pyridine rings is 1. The lowest BCUT2D eigenvalue weighted by Gasteiger charge is -2.20. The van der Waals surface area contributed by atoms with Crippen LogP contribution in [-0.4, -0.2) is 11.0 Å². The number of hydrogen-bond acceptors (Lipinski definition) is 3. The quantitative estimate of drug-likeness (QED) is 0.799. The number of fused-ring (bicyclic) bond motifs is 1. The van der Waals surface area contributed by atoms with Crippen molar-refractivity contribution in [3.63, 3.8) is 0 Å². The Morgan fingerprint density at radius 1 is 1.05 bits per heavy atom. The van der Waals surface area contributed by atoms with Crippen molar-refractivity contribution in [2.75, 3.05) is 11.1 Å². The first kappa shape index (κ1) is 12.3. The first-order chi connectivity index (χ1) is 9.34. The fourth-order valence-corrected chi connectivity index (χ4v) is 2.95. The Morgan fingerprint density at radius 3 is 2.58 bits per heavy atom. The molecule has 0 amide bonds. The van der Waals surface area contributed by atoms with Crippen LogP contribution in [0.25, 0.3) is 10.9 Å². The first-order valence-electron chi connectivity index (χ1n) is 7.24. The molecule has 3 nitrogen and oxygen atoms in total. The van der Waals surface area contributed by atoms with Crippen LogP contribution in [0.1, 0.15) is 38.5 Å². The van der Waals surface area contributed by atoms with E-state index >= 15 is 0 Å². The van der Waals surface area contributed by atoms with Crippen LogP contribution < -0.4 is 11.1 Å². The van der Waals surface area contributed by atoms with Crippen molar-refractivity contribution in [2.24, 2.45) is 0 Å². The topological polar surface area (TPSA) is 50.9 Å². The molecule has 2 aromatic rings. The molecule has 1 fully saturated rings. The van der Waals surface area contributed by atoms with Gasteiger partial charge in [-0.25, -0.2) is 0 Å². The van der Waals surface area contributed by atoms with Gasteiger partial charge in [0.05, 0.1) is 23.1 Å². The number of nitrogen functional groups attached to an aromatic ring is 1. The summed E-state index contributed by atoms with van der Waals surface area (Å²) >= 11 is 0. The highest BCUT2D eigenvalue weighted by Crippen LogP contribution is 2.30. The largest absolute Gasteiger partial charge is 0.396 e. The molecule has 1 aliphatic rings. The molecule has 0 spiro atoms. The van der Waals surface area contributed by atoms with Crippen molar-refractivity contribution in [1.82, 2.24) is 4.98 Å². The molecule has 0 bridgehead atoms. The molecular formula is C16H21N3. The minimum absolute atomic E-state index is 0.551. The summed E-state index contributed by atoms with van der Waals surface area (Å²) in [6.07, 6.45) is 9.63. The van der Waals surface area contributed by atoms with Gasteiger partial charge in [-0.05, 0) is 18.9 Å². The SMILES string of the molecule is Nc1cnc2ccccc2c1NC1CCCCCC1. The summed E-state index contributed by atoms with van der Waals surface area (Å²) < 4.78 is 0. The van der Waals surface area contributed by atoms with Crippen LogP contribution in [-0.2, 0) is 0 Å². The molecule has 0 radical (unpaired) electrons. The molecule has 1 aromatic carbocycles. The Bertz CT molecular complexity index is 557. The number of nitrogens with one attached hydrogen (secondary N) is 1. The van der Waals surface area contributed by atoms with Crippen LogP contribution in [0.15, 0.2) is 30.5 Å². The van der Waals surface area contributed by atoms with E-state index in [-0.39, 0.29) is 0 Å². The summed E-state index contributed by atoms with van der Waals surface area (Å²) in [5.74, 6) is 0. The average molecular weight is 255 g/mol. The summed E-state index contributed by atoms with van der Waals surface area (Å²) in [5, 5.41) is 4.80. The molecule has 0 aliphatic heterocycles. The van der Waals surface area contributed by atoms with E-state index in [1.165, 1.54) is 38.5 Å². The van der Waals surface area contributed by atoms with E-state index in [4.69, 9.17) is 5.73 Å². The number of benzene rings is 1. The number of hydrogen-bond donors (Lipinski definition) is 2. The van der Waals surface area contributed by atoms with Gasteiger partial charge in [0.1, 0.15) is 0 Å². The van der Waals surface area contributed by atoms with Crippen LogP contribution in [0.5, 0.6) is 0 Å². The van der Waals surface area contributed by atoms with Gasteiger partial charge in [0.25, 0.3) is 0 Å². The lowest BCUT2D eigenvalue weighted by molar-refractivity contribution is 0.621. The highest BCUT2D eigenvalue weighted by molar-refractivity contribution is 5.96. The van der Waals surface area contributed by atoms with Gasteiger partial charge >= 0.3 is 0 Å². The minimum Gasteiger partial charge on any atom is -0.396 e. The molecule has 3 heteroatoms. The molecule has 19 heavy (non-hydrogen) atoms. The number of aromatic nitrogens is 1. The second-order valence-corrected chi connectivity index (χ2v) is 5.44. The third-order valence-corrected chi connectivity index (χ3v) is 4.01. The van der Waals surface area contributed by atoms with Gasteiger partial charge in [-0.15, -0.1) is 0 Å². The van der Waals surface area contributed by atoms with Gasteiger partial charge in [0.2, 0.25) is 0 Å². The Labute approximate surface area is 114 Å². The normalized spacial score (nSPS) is 17.3. The van der Waals surface area contributed by atoms with Gasteiger partial charge < -0.3 is 11.1 Å². The zero-order chi connectivity index (χ0) is 13.1. The standard InChI is InChI=1S/C16H21N3/c17-14-11-18-15-10-6-5-9-13(15)16(14)19-12-7-3-1-2-4-8-12/h5-6,9-12H,1-4,7-8,17H2,(H,18,19). The molecule has 0 atom stereocenters. The number of para-hydroxylation sites is 1. The van der Waals surface area contributed by atoms with Crippen molar-refractivity contribution >= 4 is 22.3 Å². The van der Waals surface area contributed by atoms with Crippen LogP contribution in [0.4, 0.5) is 11.4 Å². The van der Waals surface area contributed by atoms with Crippen LogP contribution in [0, 0.1) is 0 Å². The van der Waals surface area contributed by atoms with Crippen molar-refractivity contribution in [3.8, 4) is 0 Å². The molecular weight excluding hydrogens is 234 g/mol. The Balaban J connectivity index is 1.92. The summed E-state index contributed by atoms with van der Waals surface area (Å²) in [6, 6.07) is 8.74. The van der Waals surface area contributed by atoms with Crippen molar-refractivity contribution < 1.29 is 0 Å². The van der Waals surface area contributed by atoms with Crippen molar-refractivity contribution in [3.05, 3.63) is 30.5 Å². The van der Waals surface area contributed by atoms with E-state index in [1.807, 2.05) is 18.2 Å². The summed E-state index contributed by atoms with van der Waals surface area (Å²) in [4.78, 5) is 4.39. The number of anilines is 2. The highest BCUT2D eigenvalue weighted by atomic mass is 14.9. The Hall–Kier alpha value is -1.77. The number of nitrogens with zero attached hydrogens (tertiary/aromatic N) is 1. The zero-order valence-electron chi connectivity index (χ0n) is 11.2. The minimum atomic E-state index is 0.551. The second kappa shape index (κ2) is 5.47.